The summed E-state index contributed by atoms with van der Waals surface area (Å²) in [5.41, 5.74) is 8.47. The van der Waals surface area contributed by atoms with Crippen molar-refractivity contribution in [3.8, 4) is 0 Å². The number of nitrogens with zero attached hydrogens (tertiary/aromatic N) is 6. The molecule has 0 atom stereocenters. The molecular weight excluding hydrogens is 516 g/mol. The normalized spacial score (nSPS) is 11.4. The van der Waals surface area contributed by atoms with E-state index in [0.29, 0.717) is 0 Å². The maximum absolute atomic E-state index is 2.32. The Hall–Kier alpha value is -5.10. The first-order chi connectivity index (χ1) is 20.8. The molecule has 7 aromatic rings. The highest BCUT2D eigenvalue weighted by Crippen LogP contribution is 2.34. The summed E-state index contributed by atoms with van der Waals surface area (Å²) in [6, 6.07) is 25.5. The molecule has 0 radical (unpaired) electrons. The van der Waals surface area contributed by atoms with Crippen LogP contribution in [0.4, 0.5) is 0 Å². The summed E-state index contributed by atoms with van der Waals surface area (Å²) in [4.78, 5) is 0. The van der Waals surface area contributed by atoms with Gasteiger partial charge in [0.2, 0.25) is 0 Å². The summed E-state index contributed by atoms with van der Waals surface area (Å²) in [7, 11) is 0. The number of rotatable bonds is 12. The lowest BCUT2D eigenvalue weighted by Gasteiger charge is -2.29. The Labute approximate surface area is 246 Å². The highest BCUT2D eigenvalue weighted by Gasteiger charge is 2.25. The van der Waals surface area contributed by atoms with Gasteiger partial charge in [0.25, 0.3) is 0 Å². The van der Waals surface area contributed by atoms with Crippen molar-refractivity contribution in [1.82, 2.24) is 27.4 Å². The molecular formula is C36H36N6. The van der Waals surface area contributed by atoms with Gasteiger partial charge in [0, 0.05) is 114 Å². The van der Waals surface area contributed by atoms with E-state index in [1.165, 1.54) is 33.4 Å². The van der Waals surface area contributed by atoms with Gasteiger partial charge in [-0.25, -0.2) is 0 Å². The molecule has 0 N–H and O–H groups in total. The van der Waals surface area contributed by atoms with Crippen molar-refractivity contribution in [1.29, 1.82) is 0 Å². The third-order valence-corrected chi connectivity index (χ3v) is 8.23. The molecule has 42 heavy (non-hydrogen) atoms. The molecule has 0 saturated carbocycles. The van der Waals surface area contributed by atoms with E-state index in [4.69, 9.17) is 0 Å². The van der Waals surface area contributed by atoms with Crippen molar-refractivity contribution < 1.29 is 0 Å². The van der Waals surface area contributed by atoms with Crippen LogP contribution in [-0.4, -0.2) is 27.4 Å². The molecule has 0 aliphatic carbocycles. The highest BCUT2D eigenvalue weighted by molar-refractivity contribution is 5.53. The van der Waals surface area contributed by atoms with E-state index < -0.39 is 0 Å². The fourth-order valence-electron chi connectivity index (χ4n) is 6.19. The summed E-state index contributed by atoms with van der Waals surface area (Å²) in [6.45, 7) is 4.92. The van der Waals surface area contributed by atoms with Crippen molar-refractivity contribution >= 4 is 0 Å². The quantitative estimate of drug-likeness (QED) is 0.160. The van der Waals surface area contributed by atoms with Gasteiger partial charge in [-0.1, -0.05) is 0 Å². The molecule has 0 unspecified atom stereocenters. The molecule has 0 fully saturated rings. The molecule has 6 heterocycles. The minimum atomic E-state index is 0.821. The second kappa shape index (κ2) is 11.8. The molecule has 0 spiro atoms. The van der Waals surface area contributed by atoms with Crippen molar-refractivity contribution in [2.45, 2.75) is 39.3 Å². The van der Waals surface area contributed by atoms with Crippen LogP contribution in [-0.2, 0) is 39.3 Å². The zero-order chi connectivity index (χ0) is 28.1. The Balaban J connectivity index is 1.53. The van der Waals surface area contributed by atoms with Crippen LogP contribution in [0.2, 0.25) is 0 Å². The Bertz CT molecular complexity index is 1410. The Morgan fingerprint density at radius 2 is 0.333 bits per heavy atom. The maximum Gasteiger partial charge on any atom is 0.0477 e. The van der Waals surface area contributed by atoms with E-state index in [0.717, 1.165) is 39.3 Å². The van der Waals surface area contributed by atoms with Gasteiger partial charge in [0.05, 0.1) is 0 Å². The molecule has 7 rings (SSSR count). The molecule has 0 bridgehead atoms. The van der Waals surface area contributed by atoms with Crippen molar-refractivity contribution in [3.05, 3.63) is 181 Å². The molecule has 0 aliphatic rings. The van der Waals surface area contributed by atoms with Crippen molar-refractivity contribution in [3.63, 3.8) is 0 Å². The van der Waals surface area contributed by atoms with Gasteiger partial charge in [-0.3, -0.25) is 0 Å². The highest BCUT2D eigenvalue weighted by atomic mass is 15.0. The SMILES string of the molecule is c1ccn(Cc2c(Cn3cccc3)c(Cn3cccc3)c(Cn3cccc3)c(Cn3cccc3)c2Cn2cccc2)c1. The minimum Gasteiger partial charge on any atom is -0.350 e. The number of hydrogen-bond acceptors (Lipinski definition) is 0. The second-order valence-electron chi connectivity index (χ2n) is 11.0. The van der Waals surface area contributed by atoms with Crippen LogP contribution >= 0.6 is 0 Å². The lowest BCUT2D eigenvalue weighted by atomic mass is 9.85. The van der Waals surface area contributed by atoms with Crippen LogP contribution < -0.4 is 0 Å². The predicted molar refractivity (Wildman–Crippen MR) is 168 cm³/mol. The summed E-state index contributed by atoms with van der Waals surface area (Å²) in [5, 5.41) is 0. The molecule has 0 amide bonds. The fourth-order valence-corrected chi connectivity index (χ4v) is 6.19. The second-order valence-corrected chi connectivity index (χ2v) is 11.0. The van der Waals surface area contributed by atoms with Crippen molar-refractivity contribution in [2.75, 3.05) is 0 Å². The van der Waals surface area contributed by atoms with Crippen LogP contribution in [0.25, 0.3) is 0 Å². The first-order valence-electron chi connectivity index (χ1n) is 14.6. The molecule has 6 heteroatoms. The van der Waals surface area contributed by atoms with Gasteiger partial charge in [0.1, 0.15) is 0 Å². The first-order valence-corrected chi connectivity index (χ1v) is 14.6. The molecule has 1 aromatic carbocycles. The fraction of sp³-hybridized carbons (Fsp3) is 0.167. The van der Waals surface area contributed by atoms with Crippen LogP contribution in [0.3, 0.4) is 0 Å². The first kappa shape index (κ1) is 25.8. The third-order valence-electron chi connectivity index (χ3n) is 8.23. The number of hydrogen-bond donors (Lipinski definition) is 0. The largest absolute Gasteiger partial charge is 0.350 e. The average Bonchev–Trinajstić information content (AvgIpc) is 3.85. The summed E-state index contributed by atoms with van der Waals surface area (Å²) < 4.78 is 13.9. The van der Waals surface area contributed by atoms with E-state index in [9.17, 15) is 0 Å². The Morgan fingerprint density at radius 1 is 0.214 bits per heavy atom. The van der Waals surface area contributed by atoms with Crippen LogP contribution in [0.15, 0.2) is 147 Å². The van der Waals surface area contributed by atoms with E-state index in [1.807, 2.05) is 0 Å². The molecule has 0 aliphatic heterocycles. The van der Waals surface area contributed by atoms with Crippen LogP contribution in [0.1, 0.15) is 33.4 Å². The van der Waals surface area contributed by atoms with E-state index in [1.54, 1.807) is 0 Å². The molecule has 6 nitrogen and oxygen atoms in total. The maximum atomic E-state index is 2.32. The zero-order valence-electron chi connectivity index (χ0n) is 23.8. The minimum absolute atomic E-state index is 0.821. The molecule has 6 aromatic heterocycles. The van der Waals surface area contributed by atoms with Crippen LogP contribution in [0.5, 0.6) is 0 Å². The third kappa shape index (κ3) is 5.56. The lowest BCUT2D eigenvalue weighted by Crippen LogP contribution is -2.22. The smallest absolute Gasteiger partial charge is 0.0477 e. The summed E-state index contributed by atoms with van der Waals surface area (Å²) in [5.74, 6) is 0. The van der Waals surface area contributed by atoms with Crippen molar-refractivity contribution in [2.24, 2.45) is 0 Å². The van der Waals surface area contributed by atoms with Gasteiger partial charge in [-0.15, -0.1) is 0 Å². The lowest BCUT2D eigenvalue weighted by molar-refractivity contribution is 0.666. The van der Waals surface area contributed by atoms with Crippen LogP contribution in [0, 0.1) is 0 Å². The monoisotopic (exact) mass is 552 g/mol. The Morgan fingerprint density at radius 3 is 0.452 bits per heavy atom. The standard InChI is InChI=1S/C36H36N6/c1-2-14-37(13-1)25-31-32(26-38-15-3-4-16-38)34(28-40-19-7-8-20-40)36(30-42-23-11-12-24-42)35(29-41-21-9-10-22-41)33(31)27-39-17-5-6-18-39/h1-24H,25-30H2. The van der Waals surface area contributed by atoms with E-state index in [-0.39, 0.29) is 0 Å². The average molecular weight is 553 g/mol. The van der Waals surface area contributed by atoms with Gasteiger partial charge in [-0.05, 0) is 106 Å². The van der Waals surface area contributed by atoms with Gasteiger partial charge >= 0.3 is 0 Å². The van der Waals surface area contributed by atoms with E-state index in [2.05, 4.69) is 175 Å². The number of benzene rings is 1. The topological polar surface area (TPSA) is 29.6 Å². The van der Waals surface area contributed by atoms with Gasteiger partial charge in [0.15, 0.2) is 0 Å². The van der Waals surface area contributed by atoms with E-state index >= 15 is 0 Å². The molecule has 210 valence electrons. The molecule has 0 saturated heterocycles. The van der Waals surface area contributed by atoms with Gasteiger partial charge < -0.3 is 27.4 Å². The zero-order valence-corrected chi connectivity index (χ0v) is 23.8. The predicted octanol–water partition coefficient (Wildman–Crippen LogP) is 6.79. The summed E-state index contributed by atoms with van der Waals surface area (Å²) in [6.07, 6.45) is 26.2. The summed E-state index contributed by atoms with van der Waals surface area (Å²) >= 11 is 0. The Kier molecular flexibility index (Phi) is 7.25. The number of aromatic nitrogens is 6. The van der Waals surface area contributed by atoms with Gasteiger partial charge in [-0.2, -0.15) is 0 Å².